The number of rotatable bonds is 5. The normalized spacial score (nSPS) is 10.5. The molecule has 4 nitrogen and oxygen atoms in total. The summed E-state index contributed by atoms with van der Waals surface area (Å²) in [7, 11) is 0. The topological polar surface area (TPSA) is 57.0 Å². The van der Waals surface area contributed by atoms with Crippen molar-refractivity contribution in [2.45, 2.75) is 6.42 Å². The summed E-state index contributed by atoms with van der Waals surface area (Å²) >= 11 is 1.59. The molecule has 0 saturated carbocycles. The lowest BCUT2D eigenvalue weighted by Gasteiger charge is -2.23. The van der Waals surface area contributed by atoms with Gasteiger partial charge in [-0.05, 0) is 35.7 Å². The molecule has 4 aromatic rings. The quantitative estimate of drug-likeness (QED) is 0.456. The molecule has 136 valence electrons. The number of benzene rings is 2. The van der Waals surface area contributed by atoms with Gasteiger partial charge in [0.15, 0.2) is 0 Å². The average molecular weight is 383 g/mol. The number of nitrogens with zero attached hydrogens (tertiary/aromatic N) is 3. The van der Waals surface area contributed by atoms with E-state index < -0.39 is 0 Å². The molecule has 0 fully saturated rings. The van der Waals surface area contributed by atoms with Crippen molar-refractivity contribution in [1.29, 1.82) is 5.26 Å². The molecule has 0 spiro atoms. The van der Waals surface area contributed by atoms with Crippen LogP contribution in [0.15, 0.2) is 78.2 Å². The molecule has 2 heterocycles. The monoisotopic (exact) mass is 383 g/mol. The first-order valence-electron chi connectivity index (χ1n) is 8.95. The largest absolute Gasteiger partial charge is 0.307 e. The fourth-order valence-electron chi connectivity index (χ4n) is 3.17. The molecule has 28 heavy (non-hydrogen) atoms. The first kappa shape index (κ1) is 17.9. The lowest BCUT2D eigenvalue weighted by Crippen LogP contribution is -2.32. The number of thiophene rings is 1. The van der Waals surface area contributed by atoms with Crippen LogP contribution < -0.4 is 4.90 Å². The third-order valence-electron chi connectivity index (χ3n) is 4.48. The van der Waals surface area contributed by atoms with Crippen molar-refractivity contribution in [1.82, 2.24) is 4.98 Å². The Hall–Kier alpha value is -3.49. The van der Waals surface area contributed by atoms with Gasteiger partial charge in [-0.25, -0.2) is 4.98 Å². The Morgan fingerprint density at radius 3 is 2.57 bits per heavy atom. The predicted octanol–water partition coefficient (Wildman–Crippen LogP) is 5.52. The van der Waals surface area contributed by atoms with Crippen molar-refractivity contribution in [3.8, 4) is 16.6 Å². The third-order valence-corrected chi connectivity index (χ3v) is 5.37. The van der Waals surface area contributed by atoms with Crippen LogP contribution in [-0.2, 0) is 0 Å². The van der Waals surface area contributed by atoms with Crippen molar-refractivity contribution in [3.05, 3.63) is 83.7 Å². The van der Waals surface area contributed by atoms with Crippen molar-refractivity contribution in [2.24, 2.45) is 0 Å². The lowest BCUT2D eigenvalue weighted by molar-refractivity contribution is 0.0989. The Morgan fingerprint density at radius 2 is 1.82 bits per heavy atom. The van der Waals surface area contributed by atoms with Crippen LogP contribution in [-0.4, -0.2) is 17.4 Å². The molecule has 0 atom stereocenters. The molecule has 0 aliphatic rings. The first-order chi connectivity index (χ1) is 13.8. The van der Waals surface area contributed by atoms with E-state index in [0.29, 0.717) is 12.1 Å². The number of nitriles is 1. The van der Waals surface area contributed by atoms with Crippen LogP contribution in [0.1, 0.15) is 16.8 Å². The van der Waals surface area contributed by atoms with Crippen LogP contribution in [0.3, 0.4) is 0 Å². The van der Waals surface area contributed by atoms with Gasteiger partial charge in [-0.2, -0.15) is 5.26 Å². The summed E-state index contributed by atoms with van der Waals surface area (Å²) in [5, 5.41) is 11.9. The summed E-state index contributed by atoms with van der Waals surface area (Å²) in [6.45, 7) is 0.338. The van der Waals surface area contributed by atoms with Gasteiger partial charge in [-0.1, -0.05) is 42.5 Å². The van der Waals surface area contributed by atoms with E-state index in [0.717, 1.165) is 27.2 Å². The maximum atomic E-state index is 13.6. The zero-order valence-electron chi connectivity index (χ0n) is 15.1. The second-order valence-electron chi connectivity index (χ2n) is 6.25. The Morgan fingerprint density at radius 1 is 1.04 bits per heavy atom. The number of hydrogen-bond acceptors (Lipinski definition) is 4. The molecule has 0 N–H and O–H groups in total. The van der Waals surface area contributed by atoms with Gasteiger partial charge < -0.3 is 4.90 Å². The molecular weight excluding hydrogens is 366 g/mol. The van der Waals surface area contributed by atoms with Gasteiger partial charge in [0.05, 0.1) is 34.1 Å². The molecule has 0 radical (unpaired) electrons. The minimum Gasteiger partial charge on any atom is -0.307 e. The number of fused-ring (bicyclic) bond motifs is 1. The molecule has 2 aromatic heterocycles. The SMILES string of the molecule is N#CCCN(C(=O)c1cc(-c2cccs2)nc2ccccc12)c1ccccc1. The fraction of sp³-hybridized carbons (Fsp3) is 0.0870. The molecule has 5 heteroatoms. The second kappa shape index (κ2) is 8.03. The van der Waals surface area contributed by atoms with Crippen LogP contribution in [0.5, 0.6) is 0 Å². The van der Waals surface area contributed by atoms with Gasteiger partial charge in [0, 0.05) is 17.6 Å². The molecule has 0 saturated heterocycles. The second-order valence-corrected chi connectivity index (χ2v) is 7.20. The van der Waals surface area contributed by atoms with Crippen molar-refractivity contribution in [2.75, 3.05) is 11.4 Å². The minimum absolute atomic E-state index is 0.127. The van der Waals surface area contributed by atoms with E-state index in [-0.39, 0.29) is 12.3 Å². The van der Waals surface area contributed by atoms with Crippen LogP contribution >= 0.6 is 11.3 Å². The Kier molecular flexibility index (Phi) is 5.14. The number of carbonyl (C=O) groups excluding carboxylic acids is 1. The number of aromatic nitrogens is 1. The predicted molar refractivity (Wildman–Crippen MR) is 113 cm³/mol. The highest BCUT2D eigenvalue weighted by molar-refractivity contribution is 7.13. The van der Waals surface area contributed by atoms with Crippen LogP contribution in [0.4, 0.5) is 5.69 Å². The number of anilines is 1. The maximum absolute atomic E-state index is 13.6. The molecule has 0 aliphatic heterocycles. The molecule has 0 unspecified atom stereocenters. The summed E-state index contributed by atoms with van der Waals surface area (Å²) in [6.07, 6.45) is 0.265. The Bertz CT molecular complexity index is 1150. The highest BCUT2D eigenvalue weighted by Gasteiger charge is 2.21. The van der Waals surface area contributed by atoms with E-state index in [1.165, 1.54) is 0 Å². The number of pyridine rings is 1. The van der Waals surface area contributed by atoms with Crippen molar-refractivity contribution < 1.29 is 4.79 Å². The zero-order valence-corrected chi connectivity index (χ0v) is 15.9. The summed E-state index contributed by atoms with van der Waals surface area (Å²) < 4.78 is 0. The number of para-hydroxylation sites is 2. The van der Waals surface area contributed by atoms with E-state index in [1.807, 2.05) is 78.2 Å². The van der Waals surface area contributed by atoms with Gasteiger partial charge in [-0.15, -0.1) is 11.3 Å². The highest BCUT2D eigenvalue weighted by atomic mass is 32.1. The molecular formula is C23H17N3OS. The van der Waals surface area contributed by atoms with E-state index in [9.17, 15) is 4.79 Å². The van der Waals surface area contributed by atoms with Crippen LogP contribution in [0, 0.1) is 11.3 Å². The highest BCUT2D eigenvalue weighted by Crippen LogP contribution is 2.29. The third kappa shape index (κ3) is 3.51. The van der Waals surface area contributed by atoms with E-state index in [2.05, 4.69) is 6.07 Å². The van der Waals surface area contributed by atoms with E-state index >= 15 is 0 Å². The molecule has 2 aromatic carbocycles. The van der Waals surface area contributed by atoms with Crippen molar-refractivity contribution in [3.63, 3.8) is 0 Å². The van der Waals surface area contributed by atoms with Crippen LogP contribution in [0.25, 0.3) is 21.5 Å². The van der Waals surface area contributed by atoms with Gasteiger partial charge in [0.2, 0.25) is 0 Å². The standard InChI is InChI=1S/C23H17N3OS/c24-13-7-14-26(17-8-2-1-3-9-17)23(27)19-16-21(22-12-6-15-28-22)25-20-11-5-4-10-18(19)20/h1-6,8-12,15-16H,7,14H2. The fourth-order valence-corrected chi connectivity index (χ4v) is 3.85. The summed E-state index contributed by atoms with van der Waals surface area (Å²) in [5.74, 6) is -0.127. The maximum Gasteiger partial charge on any atom is 0.259 e. The van der Waals surface area contributed by atoms with E-state index in [4.69, 9.17) is 10.2 Å². The Balaban J connectivity index is 1.86. The summed E-state index contributed by atoms with van der Waals surface area (Å²) in [4.78, 5) is 21.0. The number of amides is 1. The Labute approximate surface area is 167 Å². The van der Waals surface area contributed by atoms with Crippen molar-refractivity contribution >= 4 is 33.8 Å². The molecule has 4 rings (SSSR count). The molecule has 0 aliphatic carbocycles. The minimum atomic E-state index is -0.127. The number of hydrogen-bond donors (Lipinski definition) is 0. The zero-order chi connectivity index (χ0) is 19.3. The van der Waals surface area contributed by atoms with Gasteiger partial charge >= 0.3 is 0 Å². The summed E-state index contributed by atoms with van der Waals surface area (Å²) in [6, 6.07) is 25.1. The van der Waals surface area contributed by atoms with Crippen LogP contribution in [0.2, 0.25) is 0 Å². The summed E-state index contributed by atoms with van der Waals surface area (Å²) in [5.41, 5.74) is 2.94. The van der Waals surface area contributed by atoms with Gasteiger partial charge in [0.1, 0.15) is 0 Å². The van der Waals surface area contributed by atoms with E-state index in [1.54, 1.807) is 16.2 Å². The smallest absolute Gasteiger partial charge is 0.259 e. The molecule has 1 amide bonds. The average Bonchev–Trinajstić information content (AvgIpc) is 3.29. The molecule has 0 bridgehead atoms. The lowest BCUT2D eigenvalue weighted by atomic mass is 10.0. The van der Waals surface area contributed by atoms with Gasteiger partial charge in [-0.3, -0.25) is 4.79 Å². The first-order valence-corrected chi connectivity index (χ1v) is 9.83. The number of carbonyl (C=O) groups is 1. The van der Waals surface area contributed by atoms with Gasteiger partial charge in [0.25, 0.3) is 5.91 Å².